The maximum atomic E-state index is 12.2. The average Bonchev–Trinajstić information content (AvgIpc) is 3.10. The van der Waals surface area contributed by atoms with E-state index in [4.69, 9.17) is 0 Å². The molecule has 0 saturated heterocycles. The van der Waals surface area contributed by atoms with Crippen LogP contribution in [0.15, 0.2) is 40.6 Å². The molecule has 112 valence electrons. The molecule has 0 aliphatic rings. The van der Waals surface area contributed by atoms with Crippen LogP contribution in [0.3, 0.4) is 0 Å². The molecule has 0 aromatic carbocycles. The average molecular weight is 378 g/mol. The molecular formula is C14H12BrN5OS. The van der Waals surface area contributed by atoms with Crippen LogP contribution in [0.4, 0.5) is 5.82 Å². The summed E-state index contributed by atoms with van der Waals surface area (Å²) < 4.78 is 2.78. The second kappa shape index (κ2) is 6.37. The number of carbonyl (C=O) groups excluding carboxylic acids is 1. The van der Waals surface area contributed by atoms with E-state index in [1.807, 2.05) is 18.4 Å². The summed E-state index contributed by atoms with van der Waals surface area (Å²) in [5, 5.41) is 9.06. The maximum absolute atomic E-state index is 12.2. The molecule has 0 unspecified atom stereocenters. The first-order valence-corrected chi connectivity index (χ1v) is 8.14. The standard InChI is InChI=1S/C14H12BrN5OS/c1-9-5-17-12(6-16-9)14(21)19-13-2-3-18-20(13)7-11-4-10(15)8-22-11/h2-6,8H,7H2,1H3,(H,19,21). The molecule has 3 aromatic rings. The van der Waals surface area contributed by atoms with Gasteiger partial charge in [0.05, 0.1) is 24.6 Å². The zero-order valence-electron chi connectivity index (χ0n) is 11.7. The molecule has 3 heterocycles. The fraction of sp³-hybridized carbons (Fsp3) is 0.143. The summed E-state index contributed by atoms with van der Waals surface area (Å²) in [6.45, 7) is 2.42. The fourth-order valence-corrected chi connectivity index (χ4v) is 3.27. The predicted molar refractivity (Wildman–Crippen MR) is 88.1 cm³/mol. The lowest BCUT2D eigenvalue weighted by atomic mass is 10.4. The van der Waals surface area contributed by atoms with Crippen molar-refractivity contribution in [3.05, 3.63) is 56.8 Å². The van der Waals surface area contributed by atoms with Crippen LogP contribution >= 0.6 is 27.3 Å². The highest BCUT2D eigenvalue weighted by Gasteiger charge is 2.12. The number of carbonyl (C=O) groups is 1. The van der Waals surface area contributed by atoms with Gasteiger partial charge in [0.1, 0.15) is 11.5 Å². The van der Waals surface area contributed by atoms with Gasteiger partial charge in [-0.05, 0) is 28.9 Å². The lowest BCUT2D eigenvalue weighted by Crippen LogP contribution is -2.17. The molecule has 3 aromatic heterocycles. The van der Waals surface area contributed by atoms with Gasteiger partial charge in [-0.15, -0.1) is 11.3 Å². The van der Waals surface area contributed by atoms with Crippen LogP contribution in [-0.2, 0) is 6.54 Å². The molecular weight excluding hydrogens is 366 g/mol. The molecule has 0 fully saturated rings. The van der Waals surface area contributed by atoms with E-state index in [1.54, 1.807) is 34.5 Å². The monoisotopic (exact) mass is 377 g/mol. The summed E-state index contributed by atoms with van der Waals surface area (Å²) in [6, 6.07) is 3.78. The third kappa shape index (κ3) is 3.40. The molecule has 0 aliphatic carbocycles. The van der Waals surface area contributed by atoms with Gasteiger partial charge in [0, 0.05) is 27.0 Å². The number of halogens is 1. The van der Waals surface area contributed by atoms with Gasteiger partial charge in [0.2, 0.25) is 0 Å². The Bertz CT molecular complexity index is 796. The SMILES string of the molecule is Cc1cnc(C(=O)Nc2ccnn2Cc2cc(Br)cs2)cn1. The third-order valence-corrected chi connectivity index (χ3v) is 4.58. The number of hydrogen-bond acceptors (Lipinski definition) is 5. The minimum atomic E-state index is -0.304. The number of amides is 1. The molecule has 6 nitrogen and oxygen atoms in total. The number of nitrogens with zero attached hydrogens (tertiary/aromatic N) is 4. The van der Waals surface area contributed by atoms with Gasteiger partial charge in [0.25, 0.3) is 5.91 Å². The largest absolute Gasteiger partial charge is 0.305 e. The van der Waals surface area contributed by atoms with Crippen molar-refractivity contribution in [2.24, 2.45) is 0 Å². The topological polar surface area (TPSA) is 72.7 Å². The summed E-state index contributed by atoms with van der Waals surface area (Å²) in [4.78, 5) is 21.5. The highest BCUT2D eigenvalue weighted by Crippen LogP contribution is 2.21. The molecule has 0 aliphatic heterocycles. The second-order valence-electron chi connectivity index (χ2n) is 4.60. The number of thiophene rings is 1. The summed E-state index contributed by atoms with van der Waals surface area (Å²) >= 11 is 5.06. The predicted octanol–water partition coefficient (Wildman–Crippen LogP) is 3.11. The molecule has 3 rings (SSSR count). The first-order chi connectivity index (χ1) is 10.6. The van der Waals surface area contributed by atoms with Crippen LogP contribution in [0.1, 0.15) is 21.1 Å². The Hall–Kier alpha value is -2.06. The normalized spacial score (nSPS) is 10.6. The highest BCUT2D eigenvalue weighted by molar-refractivity contribution is 9.10. The summed E-state index contributed by atoms with van der Waals surface area (Å²) in [7, 11) is 0. The van der Waals surface area contributed by atoms with Crippen LogP contribution < -0.4 is 5.32 Å². The van der Waals surface area contributed by atoms with Crippen molar-refractivity contribution in [2.45, 2.75) is 13.5 Å². The Kier molecular flexibility index (Phi) is 4.30. The van der Waals surface area contributed by atoms with Crippen LogP contribution in [0.2, 0.25) is 0 Å². The van der Waals surface area contributed by atoms with Crippen LogP contribution in [0.5, 0.6) is 0 Å². The van der Waals surface area contributed by atoms with Gasteiger partial charge in [0.15, 0.2) is 0 Å². The number of aryl methyl sites for hydroxylation is 1. The molecule has 0 spiro atoms. The molecule has 0 radical (unpaired) electrons. The second-order valence-corrected chi connectivity index (χ2v) is 6.51. The first kappa shape index (κ1) is 14.9. The number of nitrogens with one attached hydrogen (secondary N) is 1. The van der Waals surface area contributed by atoms with Gasteiger partial charge >= 0.3 is 0 Å². The van der Waals surface area contributed by atoms with Crippen molar-refractivity contribution in [1.29, 1.82) is 0 Å². The molecule has 22 heavy (non-hydrogen) atoms. The minimum absolute atomic E-state index is 0.275. The van der Waals surface area contributed by atoms with Gasteiger partial charge in [-0.25, -0.2) is 9.67 Å². The Labute approximate surface area is 139 Å². The summed E-state index contributed by atoms with van der Waals surface area (Å²) in [5.41, 5.74) is 1.04. The van der Waals surface area contributed by atoms with Crippen molar-refractivity contribution < 1.29 is 4.79 Å². The van der Waals surface area contributed by atoms with Crippen LogP contribution in [-0.4, -0.2) is 25.7 Å². The molecule has 0 bridgehead atoms. The van der Waals surface area contributed by atoms with E-state index < -0.39 is 0 Å². The van der Waals surface area contributed by atoms with Crippen molar-refractivity contribution >= 4 is 39.0 Å². The van der Waals surface area contributed by atoms with Gasteiger partial charge in [-0.2, -0.15) is 5.10 Å². The molecule has 8 heteroatoms. The first-order valence-electron chi connectivity index (χ1n) is 6.46. The molecule has 0 atom stereocenters. The zero-order chi connectivity index (χ0) is 15.5. The van der Waals surface area contributed by atoms with Gasteiger partial charge in [-0.1, -0.05) is 0 Å². The van der Waals surface area contributed by atoms with E-state index in [-0.39, 0.29) is 11.6 Å². The summed E-state index contributed by atoms with van der Waals surface area (Å²) in [5.74, 6) is 0.318. The Balaban J connectivity index is 1.74. The molecule has 1 amide bonds. The molecule has 0 saturated carbocycles. The number of hydrogen-bond donors (Lipinski definition) is 1. The van der Waals surface area contributed by atoms with E-state index >= 15 is 0 Å². The zero-order valence-corrected chi connectivity index (χ0v) is 14.1. The Morgan fingerprint density at radius 3 is 2.95 bits per heavy atom. The number of anilines is 1. The number of aromatic nitrogens is 4. The van der Waals surface area contributed by atoms with Gasteiger partial charge < -0.3 is 5.32 Å². The minimum Gasteiger partial charge on any atom is -0.305 e. The Morgan fingerprint density at radius 2 is 2.27 bits per heavy atom. The molecule has 1 N–H and O–H groups in total. The third-order valence-electron chi connectivity index (χ3n) is 2.90. The van der Waals surface area contributed by atoms with E-state index in [0.717, 1.165) is 15.0 Å². The van der Waals surface area contributed by atoms with Crippen molar-refractivity contribution in [1.82, 2.24) is 19.7 Å². The van der Waals surface area contributed by atoms with Crippen LogP contribution in [0.25, 0.3) is 0 Å². The van der Waals surface area contributed by atoms with Crippen LogP contribution in [0, 0.1) is 6.92 Å². The highest BCUT2D eigenvalue weighted by atomic mass is 79.9. The lowest BCUT2D eigenvalue weighted by molar-refractivity contribution is 0.102. The van der Waals surface area contributed by atoms with E-state index in [1.165, 1.54) is 6.20 Å². The van der Waals surface area contributed by atoms with Gasteiger partial charge in [-0.3, -0.25) is 9.78 Å². The Morgan fingerprint density at radius 1 is 1.41 bits per heavy atom. The number of rotatable bonds is 4. The fourth-order valence-electron chi connectivity index (χ4n) is 1.84. The quantitative estimate of drug-likeness (QED) is 0.757. The maximum Gasteiger partial charge on any atom is 0.277 e. The van der Waals surface area contributed by atoms with Crippen molar-refractivity contribution in [3.8, 4) is 0 Å². The van der Waals surface area contributed by atoms with Crippen molar-refractivity contribution in [2.75, 3.05) is 5.32 Å². The van der Waals surface area contributed by atoms with Crippen molar-refractivity contribution in [3.63, 3.8) is 0 Å². The van der Waals surface area contributed by atoms with E-state index in [0.29, 0.717) is 12.4 Å². The lowest BCUT2D eigenvalue weighted by Gasteiger charge is -2.07. The van der Waals surface area contributed by atoms with E-state index in [9.17, 15) is 4.79 Å². The smallest absolute Gasteiger partial charge is 0.277 e. The van der Waals surface area contributed by atoms with E-state index in [2.05, 4.69) is 36.3 Å². The summed E-state index contributed by atoms with van der Waals surface area (Å²) in [6.07, 6.45) is 4.68.